The van der Waals surface area contributed by atoms with Crippen LogP contribution in [0.15, 0.2) is 36.4 Å². The van der Waals surface area contributed by atoms with Gasteiger partial charge >= 0.3 is 0 Å². The Morgan fingerprint density at radius 3 is 2.22 bits per heavy atom. The van der Waals surface area contributed by atoms with Crippen molar-refractivity contribution >= 4 is 16.3 Å². The van der Waals surface area contributed by atoms with Crippen LogP contribution in [0.4, 0.5) is 8.78 Å². The van der Waals surface area contributed by atoms with Crippen LogP contribution in [0.2, 0.25) is 0 Å². The maximum absolute atomic E-state index is 13.4. The van der Waals surface area contributed by atoms with E-state index in [-0.39, 0.29) is 6.42 Å². The first-order valence-corrected chi connectivity index (χ1v) is 8.77. The fourth-order valence-electron chi connectivity index (χ4n) is 2.71. The van der Waals surface area contributed by atoms with E-state index in [9.17, 15) is 8.78 Å². The Morgan fingerprint density at radius 2 is 1.59 bits per heavy atom. The molecular formula is C18H14F2N4O2S. The molecule has 138 valence electrons. The van der Waals surface area contributed by atoms with Crippen molar-refractivity contribution in [1.82, 2.24) is 19.8 Å². The maximum Gasteiger partial charge on any atom is 0.234 e. The number of benzene rings is 2. The zero-order valence-electron chi connectivity index (χ0n) is 14.4. The summed E-state index contributed by atoms with van der Waals surface area (Å²) in [5.41, 5.74) is 1.27. The Balaban J connectivity index is 1.72. The third kappa shape index (κ3) is 3.45. The average molecular weight is 388 g/mol. The Hall–Kier alpha value is -3.07. The predicted molar refractivity (Wildman–Crippen MR) is 96.4 cm³/mol. The Bertz CT molecular complexity index is 1080. The first-order chi connectivity index (χ1) is 13.1. The van der Waals surface area contributed by atoms with Gasteiger partial charge in [-0.1, -0.05) is 11.3 Å². The van der Waals surface area contributed by atoms with Gasteiger partial charge in [-0.2, -0.15) is 9.61 Å². The van der Waals surface area contributed by atoms with Crippen molar-refractivity contribution in [2.24, 2.45) is 0 Å². The zero-order valence-corrected chi connectivity index (χ0v) is 15.3. The van der Waals surface area contributed by atoms with Gasteiger partial charge < -0.3 is 9.47 Å². The van der Waals surface area contributed by atoms with Gasteiger partial charge in [0.05, 0.1) is 14.2 Å². The summed E-state index contributed by atoms with van der Waals surface area (Å²) in [6.07, 6.45) is 0.209. The molecule has 6 nitrogen and oxygen atoms in total. The number of methoxy groups -OCH3 is 2. The lowest BCUT2D eigenvalue weighted by atomic mass is 10.1. The predicted octanol–water partition coefficient (Wildman–Crippen LogP) is 3.74. The van der Waals surface area contributed by atoms with E-state index in [0.29, 0.717) is 32.9 Å². The summed E-state index contributed by atoms with van der Waals surface area (Å²) >= 11 is 1.35. The van der Waals surface area contributed by atoms with Crippen LogP contribution in [-0.2, 0) is 6.42 Å². The summed E-state index contributed by atoms with van der Waals surface area (Å²) < 4.78 is 39.0. The van der Waals surface area contributed by atoms with Gasteiger partial charge in [0.15, 0.2) is 5.82 Å². The van der Waals surface area contributed by atoms with E-state index >= 15 is 0 Å². The molecule has 0 N–H and O–H groups in total. The van der Waals surface area contributed by atoms with Crippen molar-refractivity contribution in [3.05, 3.63) is 59.4 Å². The number of halogens is 2. The van der Waals surface area contributed by atoms with Crippen molar-refractivity contribution in [2.45, 2.75) is 6.42 Å². The van der Waals surface area contributed by atoms with Gasteiger partial charge in [-0.05, 0) is 29.8 Å². The highest BCUT2D eigenvalue weighted by Crippen LogP contribution is 2.32. The number of ether oxygens (including phenoxy) is 2. The van der Waals surface area contributed by atoms with Crippen LogP contribution in [0.25, 0.3) is 15.5 Å². The fourth-order valence-corrected chi connectivity index (χ4v) is 3.56. The van der Waals surface area contributed by atoms with E-state index in [1.54, 1.807) is 24.8 Å². The van der Waals surface area contributed by atoms with Gasteiger partial charge in [0.25, 0.3) is 0 Å². The largest absolute Gasteiger partial charge is 0.497 e. The highest BCUT2D eigenvalue weighted by atomic mass is 32.1. The SMILES string of the molecule is COc1cc(OC)cc(-c2nn3c(Cc4cc(F)cc(F)c4)nnc3s2)c1. The smallest absolute Gasteiger partial charge is 0.234 e. The van der Waals surface area contributed by atoms with Crippen LogP contribution < -0.4 is 9.47 Å². The van der Waals surface area contributed by atoms with Gasteiger partial charge in [0.1, 0.15) is 28.1 Å². The number of hydrogen-bond acceptors (Lipinski definition) is 6. The molecule has 0 radical (unpaired) electrons. The molecule has 0 bridgehead atoms. The van der Waals surface area contributed by atoms with Crippen LogP contribution in [0, 0.1) is 11.6 Å². The number of nitrogens with zero attached hydrogens (tertiary/aromatic N) is 4. The summed E-state index contributed by atoms with van der Waals surface area (Å²) in [4.78, 5) is 0.582. The average Bonchev–Trinajstić information content (AvgIpc) is 3.22. The third-order valence-corrected chi connectivity index (χ3v) is 4.89. The summed E-state index contributed by atoms with van der Waals surface area (Å²) in [6, 6.07) is 8.83. The quantitative estimate of drug-likeness (QED) is 0.521. The lowest BCUT2D eigenvalue weighted by Gasteiger charge is -2.06. The molecule has 0 amide bonds. The van der Waals surface area contributed by atoms with Gasteiger partial charge in [0, 0.05) is 24.1 Å². The van der Waals surface area contributed by atoms with E-state index < -0.39 is 11.6 Å². The fraction of sp³-hybridized carbons (Fsp3) is 0.167. The monoisotopic (exact) mass is 388 g/mol. The Morgan fingerprint density at radius 1 is 0.926 bits per heavy atom. The second-order valence-corrected chi connectivity index (χ2v) is 6.73. The van der Waals surface area contributed by atoms with Crippen LogP contribution >= 0.6 is 11.3 Å². The number of hydrogen-bond donors (Lipinski definition) is 0. The molecule has 0 aliphatic rings. The number of fused-ring (bicyclic) bond motifs is 1. The first-order valence-electron chi connectivity index (χ1n) is 7.95. The normalized spacial score (nSPS) is 11.1. The lowest BCUT2D eigenvalue weighted by Crippen LogP contribution is -1.99. The standard InChI is InChI=1S/C18H14F2N4O2S/c1-25-14-6-11(7-15(9-14)26-2)17-23-24-16(21-22-18(24)27-17)5-10-3-12(19)8-13(20)4-10/h3-4,6-9H,5H2,1-2H3. The second-order valence-electron chi connectivity index (χ2n) is 5.77. The van der Waals surface area contributed by atoms with Gasteiger partial charge in [0.2, 0.25) is 4.96 Å². The molecule has 0 fully saturated rings. The minimum Gasteiger partial charge on any atom is -0.497 e. The summed E-state index contributed by atoms with van der Waals surface area (Å²) in [5.74, 6) is 0.519. The molecule has 4 aromatic rings. The van der Waals surface area contributed by atoms with Crippen LogP contribution in [0.5, 0.6) is 11.5 Å². The minimum atomic E-state index is -0.631. The van der Waals surface area contributed by atoms with Gasteiger partial charge in [-0.25, -0.2) is 8.78 Å². The third-order valence-electron chi connectivity index (χ3n) is 3.94. The van der Waals surface area contributed by atoms with Crippen molar-refractivity contribution in [3.63, 3.8) is 0 Å². The van der Waals surface area contributed by atoms with E-state index in [4.69, 9.17) is 9.47 Å². The Labute approximate surface area is 157 Å². The zero-order chi connectivity index (χ0) is 19.0. The van der Waals surface area contributed by atoms with Crippen molar-refractivity contribution in [1.29, 1.82) is 0 Å². The van der Waals surface area contributed by atoms with Crippen molar-refractivity contribution in [3.8, 4) is 22.1 Å². The molecule has 9 heteroatoms. The molecule has 0 atom stereocenters. The molecule has 2 aromatic carbocycles. The van der Waals surface area contributed by atoms with Crippen molar-refractivity contribution < 1.29 is 18.3 Å². The lowest BCUT2D eigenvalue weighted by molar-refractivity contribution is 0.394. The highest BCUT2D eigenvalue weighted by molar-refractivity contribution is 7.19. The highest BCUT2D eigenvalue weighted by Gasteiger charge is 2.15. The topological polar surface area (TPSA) is 61.5 Å². The summed E-state index contributed by atoms with van der Waals surface area (Å²) in [6.45, 7) is 0. The van der Waals surface area contributed by atoms with E-state index in [1.165, 1.54) is 23.5 Å². The van der Waals surface area contributed by atoms with E-state index in [1.807, 2.05) is 12.1 Å². The molecule has 0 saturated carbocycles. The second kappa shape index (κ2) is 6.92. The molecule has 0 aliphatic carbocycles. The van der Waals surface area contributed by atoms with Crippen molar-refractivity contribution in [2.75, 3.05) is 14.2 Å². The van der Waals surface area contributed by atoms with E-state index in [0.717, 1.165) is 11.6 Å². The van der Waals surface area contributed by atoms with Crippen LogP contribution in [0.3, 0.4) is 0 Å². The molecule has 27 heavy (non-hydrogen) atoms. The molecule has 0 saturated heterocycles. The minimum absolute atomic E-state index is 0.209. The first kappa shape index (κ1) is 17.3. The molecule has 0 aliphatic heterocycles. The van der Waals surface area contributed by atoms with E-state index in [2.05, 4.69) is 15.3 Å². The molecule has 2 aromatic heterocycles. The summed E-state index contributed by atoms with van der Waals surface area (Å²) in [5, 5.41) is 13.4. The number of rotatable bonds is 5. The molecule has 2 heterocycles. The summed E-state index contributed by atoms with van der Waals surface area (Å²) in [7, 11) is 3.15. The molecular weight excluding hydrogens is 374 g/mol. The van der Waals surface area contributed by atoms with Crippen LogP contribution in [-0.4, -0.2) is 34.0 Å². The molecule has 0 spiro atoms. The maximum atomic E-state index is 13.4. The Kier molecular flexibility index (Phi) is 4.44. The van der Waals surface area contributed by atoms with Gasteiger partial charge in [-0.3, -0.25) is 0 Å². The number of aromatic nitrogens is 4. The molecule has 0 unspecified atom stereocenters. The van der Waals surface area contributed by atoms with Crippen LogP contribution in [0.1, 0.15) is 11.4 Å². The van der Waals surface area contributed by atoms with Gasteiger partial charge in [-0.15, -0.1) is 10.2 Å². The molecule has 4 rings (SSSR count).